The van der Waals surface area contributed by atoms with Crippen molar-refractivity contribution in [1.29, 1.82) is 0 Å². The Kier molecular flexibility index (Phi) is 5.82. The van der Waals surface area contributed by atoms with Crippen LogP contribution in [0.4, 0.5) is 13.2 Å². The second-order valence-corrected chi connectivity index (χ2v) is 7.82. The lowest BCUT2D eigenvalue weighted by molar-refractivity contribution is -0.113. The van der Waals surface area contributed by atoms with Crippen LogP contribution in [0.25, 0.3) is 5.57 Å². The van der Waals surface area contributed by atoms with Crippen molar-refractivity contribution in [3.8, 4) is 0 Å². The largest absolute Gasteiger partial charge is 0.356 e. The molecule has 32 heavy (non-hydrogen) atoms. The van der Waals surface area contributed by atoms with Gasteiger partial charge in [-0.3, -0.25) is 14.4 Å². The molecule has 0 spiro atoms. The number of aromatic nitrogens is 3. The lowest BCUT2D eigenvalue weighted by Gasteiger charge is -2.03. The van der Waals surface area contributed by atoms with Crippen LogP contribution in [-0.2, 0) is 11.3 Å². The van der Waals surface area contributed by atoms with E-state index in [1.165, 1.54) is 17.4 Å². The molecule has 0 aliphatic heterocycles. The zero-order valence-corrected chi connectivity index (χ0v) is 16.9. The number of ketones is 2. The van der Waals surface area contributed by atoms with Crippen molar-refractivity contribution in [2.75, 3.05) is 0 Å². The van der Waals surface area contributed by atoms with Gasteiger partial charge in [0.1, 0.15) is 33.2 Å². The normalized spacial score (nSPS) is 13.2. The molecule has 162 valence electrons. The maximum absolute atomic E-state index is 13.9. The van der Waals surface area contributed by atoms with Crippen molar-refractivity contribution in [1.82, 2.24) is 20.5 Å². The Morgan fingerprint density at radius 2 is 1.88 bits per heavy atom. The standard InChI is InChI=1S/C21H13F3N4O3S/c22-12-6-14(23)18(15(24)7-12)19(30)11-5-16(25-8-11)20(31)26-9-17-27-28-21(32-17)10-2-1-3-13(29)4-10/h1-3,5-8,25H,4,9H2,(H,26,31). The fraction of sp³-hybridized carbons (Fsp3) is 0.0952. The van der Waals surface area contributed by atoms with Gasteiger partial charge in [-0.25, -0.2) is 13.2 Å². The van der Waals surface area contributed by atoms with E-state index in [1.807, 2.05) is 0 Å². The maximum atomic E-state index is 13.9. The number of aromatic amines is 1. The number of nitrogens with zero attached hydrogens (tertiary/aromatic N) is 2. The molecule has 0 bridgehead atoms. The second kappa shape index (κ2) is 8.71. The molecule has 1 aromatic carbocycles. The molecule has 0 atom stereocenters. The van der Waals surface area contributed by atoms with E-state index in [2.05, 4.69) is 20.5 Å². The SMILES string of the molecule is O=C1C=CC=C(c2nnc(CNC(=O)c3cc(C(=O)c4c(F)cc(F)cc4F)c[nH]3)s2)C1. The van der Waals surface area contributed by atoms with E-state index in [9.17, 15) is 27.6 Å². The van der Waals surface area contributed by atoms with Crippen molar-refractivity contribution < 1.29 is 27.6 Å². The molecule has 3 aromatic rings. The number of amides is 1. The molecule has 2 N–H and O–H groups in total. The molecule has 11 heteroatoms. The number of hydrogen-bond donors (Lipinski definition) is 2. The average Bonchev–Trinajstić information content (AvgIpc) is 3.41. The Bertz CT molecular complexity index is 1290. The van der Waals surface area contributed by atoms with Gasteiger partial charge in [0, 0.05) is 30.3 Å². The van der Waals surface area contributed by atoms with Crippen molar-refractivity contribution in [3.05, 3.63) is 86.9 Å². The highest BCUT2D eigenvalue weighted by Gasteiger charge is 2.22. The third-order valence-electron chi connectivity index (χ3n) is 4.51. The van der Waals surface area contributed by atoms with Gasteiger partial charge in [-0.15, -0.1) is 10.2 Å². The Morgan fingerprint density at radius 1 is 1.12 bits per heavy atom. The summed E-state index contributed by atoms with van der Waals surface area (Å²) in [5.41, 5.74) is -0.365. The Labute approximate surface area is 182 Å². The lowest BCUT2D eigenvalue weighted by atomic mass is 10.0. The molecular weight excluding hydrogens is 445 g/mol. The summed E-state index contributed by atoms with van der Waals surface area (Å²) in [6, 6.07) is 1.95. The molecule has 0 fully saturated rings. The minimum absolute atomic E-state index is 0.0215. The van der Waals surface area contributed by atoms with Gasteiger partial charge < -0.3 is 10.3 Å². The van der Waals surface area contributed by atoms with Gasteiger partial charge >= 0.3 is 0 Å². The molecule has 0 saturated heterocycles. The van der Waals surface area contributed by atoms with E-state index >= 15 is 0 Å². The molecule has 0 unspecified atom stereocenters. The summed E-state index contributed by atoms with van der Waals surface area (Å²) in [7, 11) is 0. The van der Waals surface area contributed by atoms with E-state index in [-0.39, 0.29) is 30.0 Å². The Hall–Kier alpha value is -3.86. The second-order valence-electron chi connectivity index (χ2n) is 6.75. The zero-order chi connectivity index (χ0) is 22.8. The number of carbonyl (C=O) groups is 3. The van der Waals surface area contributed by atoms with Crippen LogP contribution in [0.15, 0.2) is 42.6 Å². The summed E-state index contributed by atoms with van der Waals surface area (Å²) >= 11 is 1.22. The van der Waals surface area contributed by atoms with Gasteiger partial charge in [-0.1, -0.05) is 23.5 Å². The summed E-state index contributed by atoms with van der Waals surface area (Å²) in [6.45, 7) is 0.0388. The molecule has 0 radical (unpaired) electrons. The lowest BCUT2D eigenvalue weighted by Crippen LogP contribution is -2.23. The van der Waals surface area contributed by atoms with Gasteiger partial charge in [0.2, 0.25) is 0 Å². The summed E-state index contributed by atoms with van der Waals surface area (Å²) in [5.74, 6) is -5.48. The molecule has 1 aliphatic rings. The molecule has 7 nitrogen and oxygen atoms in total. The molecule has 2 heterocycles. The summed E-state index contributed by atoms with van der Waals surface area (Å²) < 4.78 is 40.8. The van der Waals surface area contributed by atoms with E-state index in [4.69, 9.17) is 0 Å². The van der Waals surface area contributed by atoms with Crippen LogP contribution in [0.1, 0.15) is 42.8 Å². The third kappa shape index (κ3) is 4.42. The number of benzene rings is 1. The number of carbonyl (C=O) groups excluding carboxylic acids is 3. The zero-order valence-electron chi connectivity index (χ0n) is 16.1. The van der Waals surface area contributed by atoms with Gasteiger partial charge in [-0.05, 0) is 17.7 Å². The first kappa shape index (κ1) is 21.4. The van der Waals surface area contributed by atoms with Crippen LogP contribution in [0.5, 0.6) is 0 Å². The minimum Gasteiger partial charge on any atom is -0.356 e. The Morgan fingerprint density at radius 3 is 2.59 bits per heavy atom. The first-order valence-electron chi connectivity index (χ1n) is 9.20. The predicted molar refractivity (Wildman–Crippen MR) is 108 cm³/mol. The van der Waals surface area contributed by atoms with E-state index in [0.29, 0.717) is 22.1 Å². The van der Waals surface area contributed by atoms with E-state index in [0.717, 1.165) is 17.8 Å². The molecule has 4 rings (SSSR count). The van der Waals surface area contributed by atoms with Crippen LogP contribution >= 0.6 is 11.3 Å². The van der Waals surface area contributed by atoms with Crippen molar-refractivity contribution >= 4 is 34.4 Å². The summed E-state index contributed by atoms with van der Waals surface area (Å²) in [5, 5.41) is 11.7. The maximum Gasteiger partial charge on any atom is 0.268 e. The van der Waals surface area contributed by atoms with Gasteiger partial charge in [0.25, 0.3) is 5.91 Å². The number of halogens is 3. The van der Waals surface area contributed by atoms with E-state index < -0.39 is 34.7 Å². The molecule has 1 aliphatic carbocycles. The number of rotatable bonds is 6. The smallest absolute Gasteiger partial charge is 0.268 e. The number of hydrogen-bond acceptors (Lipinski definition) is 6. The first-order valence-corrected chi connectivity index (χ1v) is 10.0. The van der Waals surface area contributed by atoms with Crippen LogP contribution in [0, 0.1) is 17.5 Å². The monoisotopic (exact) mass is 458 g/mol. The number of H-pyrrole nitrogens is 1. The van der Waals surface area contributed by atoms with E-state index in [1.54, 1.807) is 12.2 Å². The van der Waals surface area contributed by atoms with Gasteiger partial charge in [-0.2, -0.15) is 0 Å². The highest BCUT2D eigenvalue weighted by atomic mass is 32.1. The number of allylic oxidation sites excluding steroid dienone is 4. The van der Waals surface area contributed by atoms with Crippen LogP contribution in [0.3, 0.4) is 0 Å². The van der Waals surface area contributed by atoms with Crippen LogP contribution in [-0.4, -0.2) is 32.7 Å². The Balaban J connectivity index is 1.42. The summed E-state index contributed by atoms with van der Waals surface area (Å²) in [4.78, 5) is 38.8. The quantitative estimate of drug-likeness (QED) is 0.552. The molecule has 0 saturated carbocycles. The van der Waals surface area contributed by atoms with Crippen molar-refractivity contribution in [2.24, 2.45) is 0 Å². The van der Waals surface area contributed by atoms with Gasteiger partial charge in [0.15, 0.2) is 11.6 Å². The highest BCUT2D eigenvalue weighted by molar-refractivity contribution is 7.12. The average molecular weight is 458 g/mol. The van der Waals surface area contributed by atoms with Crippen molar-refractivity contribution in [2.45, 2.75) is 13.0 Å². The minimum atomic E-state index is -1.34. The first-order chi connectivity index (χ1) is 15.3. The molecule has 2 aromatic heterocycles. The molecular formula is C21H13F3N4O3S. The number of nitrogens with one attached hydrogen (secondary N) is 2. The van der Waals surface area contributed by atoms with Crippen LogP contribution < -0.4 is 5.32 Å². The fourth-order valence-electron chi connectivity index (χ4n) is 2.99. The molecule has 1 amide bonds. The summed E-state index contributed by atoms with van der Waals surface area (Å²) in [6.07, 6.45) is 6.24. The van der Waals surface area contributed by atoms with Crippen LogP contribution in [0.2, 0.25) is 0 Å². The van der Waals surface area contributed by atoms with Crippen molar-refractivity contribution in [3.63, 3.8) is 0 Å². The third-order valence-corrected chi connectivity index (χ3v) is 5.51. The highest BCUT2D eigenvalue weighted by Crippen LogP contribution is 2.25. The predicted octanol–water partition coefficient (Wildman–Crippen LogP) is 3.36. The fourth-order valence-corrected chi connectivity index (χ4v) is 3.79. The van der Waals surface area contributed by atoms with Gasteiger partial charge in [0.05, 0.1) is 12.1 Å². The topological polar surface area (TPSA) is 105 Å².